The maximum Gasteiger partial charge on any atom is 0.0743 e. The monoisotopic (exact) mass is 262 g/mol. The fourth-order valence-corrected chi connectivity index (χ4v) is 2.83. The van der Waals surface area contributed by atoms with E-state index in [-0.39, 0.29) is 0 Å². The normalized spacial score (nSPS) is 17.4. The highest BCUT2D eigenvalue weighted by Gasteiger charge is 2.18. The van der Waals surface area contributed by atoms with Crippen LogP contribution in [0.3, 0.4) is 0 Å². The van der Waals surface area contributed by atoms with Gasteiger partial charge in [-0.2, -0.15) is 0 Å². The van der Waals surface area contributed by atoms with Crippen LogP contribution in [0.1, 0.15) is 37.8 Å². The molecule has 1 heterocycles. The average molecular weight is 262 g/mol. The van der Waals surface area contributed by atoms with Gasteiger partial charge >= 0.3 is 0 Å². The zero-order valence-corrected chi connectivity index (χ0v) is 12.4. The minimum Gasteiger partial charge on any atom is -0.389 e. The number of nitrogens with zero attached hydrogens (tertiary/aromatic N) is 1. The van der Waals surface area contributed by atoms with Gasteiger partial charge in [0.05, 0.1) is 5.60 Å². The summed E-state index contributed by atoms with van der Waals surface area (Å²) in [5.74, 6) is 0. The highest BCUT2D eigenvalue weighted by molar-refractivity contribution is 5.58. The van der Waals surface area contributed by atoms with E-state index >= 15 is 0 Å². The Morgan fingerprint density at radius 3 is 2.95 bits per heavy atom. The average Bonchev–Trinajstić information content (AvgIpc) is 2.70. The van der Waals surface area contributed by atoms with Crippen LogP contribution >= 0.6 is 0 Å². The van der Waals surface area contributed by atoms with E-state index in [9.17, 15) is 5.11 Å². The van der Waals surface area contributed by atoms with Gasteiger partial charge in [0.25, 0.3) is 0 Å². The Labute approximate surface area is 116 Å². The summed E-state index contributed by atoms with van der Waals surface area (Å²) in [6.45, 7) is 6.61. The molecule has 0 aliphatic carbocycles. The fourth-order valence-electron chi connectivity index (χ4n) is 2.83. The first-order valence-electron chi connectivity index (χ1n) is 7.28. The lowest BCUT2D eigenvalue weighted by Gasteiger charge is -2.23. The number of benzene rings is 1. The lowest BCUT2D eigenvalue weighted by Crippen LogP contribution is -2.37. The topological polar surface area (TPSA) is 35.5 Å². The number of hydrogen-bond acceptors (Lipinski definition) is 3. The molecule has 3 nitrogen and oxygen atoms in total. The summed E-state index contributed by atoms with van der Waals surface area (Å²) < 4.78 is 0. The molecule has 1 aromatic rings. The number of rotatable bonds is 6. The smallest absolute Gasteiger partial charge is 0.0743 e. The zero-order chi connectivity index (χ0) is 13.9. The van der Waals surface area contributed by atoms with E-state index in [1.165, 1.54) is 16.8 Å². The largest absolute Gasteiger partial charge is 0.389 e. The molecular formula is C16H26N2O. The SMILES string of the molecule is CCCC(C)(O)CNCc1ccc2c(c1)CCN2C. The molecule has 0 aromatic heterocycles. The summed E-state index contributed by atoms with van der Waals surface area (Å²) in [6, 6.07) is 6.69. The fraction of sp³-hybridized carbons (Fsp3) is 0.625. The molecule has 1 aliphatic heterocycles. The van der Waals surface area contributed by atoms with Crippen LogP contribution in [0.15, 0.2) is 18.2 Å². The Kier molecular flexibility index (Phi) is 4.48. The van der Waals surface area contributed by atoms with E-state index < -0.39 is 5.60 Å². The third kappa shape index (κ3) is 3.71. The number of aliphatic hydroxyl groups is 1. The third-order valence-electron chi connectivity index (χ3n) is 3.90. The van der Waals surface area contributed by atoms with E-state index in [2.05, 4.69) is 42.4 Å². The number of fused-ring (bicyclic) bond motifs is 1. The molecule has 0 fully saturated rings. The second kappa shape index (κ2) is 5.93. The van der Waals surface area contributed by atoms with Gasteiger partial charge in [0.1, 0.15) is 0 Å². The molecule has 0 bridgehead atoms. The van der Waals surface area contributed by atoms with Crippen molar-refractivity contribution in [1.29, 1.82) is 0 Å². The van der Waals surface area contributed by atoms with E-state index in [0.29, 0.717) is 6.54 Å². The summed E-state index contributed by atoms with van der Waals surface area (Å²) in [5, 5.41) is 13.5. The van der Waals surface area contributed by atoms with Crippen molar-refractivity contribution in [2.24, 2.45) is 0 Å². The molecule has 106 valence electrons. The van der Waals surface area contributed by atoms with Gasteiger partial charge in [-0.1, -0.05) is 25.5 Å². The highest BCUT2D eigenvalue weighted by atomic mass is 16.3. The summed E-state index contributed by atoms with van der Waals surface area (Å²) >= 11 is 0. The zero-order valence-electron chi connectivity index (χ0n) is 12.4. The predicted octanol–water partition coefficient (Wildman–Crippen LogP) is 2.32. The van der Waals surface area contributed by atoms with Crippen LogP contribution in [-0.2, 0) is 13.0 Å². The molecule has 1 atom stereocenters. The minimum atomic E-state index is -0.592. The summed E-state index contributed by atoms with van der Waals surface area (Å²) in [6.07, 6.45) is 3.00. The van der Waals surface area contributed by atoms with Crippen LogP contribution in [0.4, 0.5) is 5.69 Å². The van der Waals surface area contributed by atoms with Gasteiger partial charge in [-0.15, -0.1) is 0 Å². The first kappa shape index (κ1) is 14.4. The van der Waals surface area contributed by atoms with Crippen LogP contribution in [0.5, 0.6) is 0 Å². The summed E-state index contributed by atoms with van der Waals surface area (Å²) in [5.41, 5.74) is 3.52. The Balaban J connectivity index is 1.87. The molecule has 1 unspecified atom stereocenters. The molecule has 0 saturated carbocycles. The van der Waals surface area contributed by atoms with Crippen molar-refractivity contribution in [2.45, 2.75) is 45.3 Å². The van der Waals surface area contributed by atoms with Gasteiger partial charge in [0.15, 0.2) is 0 Å². The first-order valence-corrected chi connectivity index (χ1v) is 7.28. The summed E-state index contributed by atoms with van der Waals surface area (Å²) in [4.78, 5) is 2.30. The maximum absolute atomic E-state index is 10.1. The molecule has 1 aliphatic rings. The van der Waals surface area contributed by atoms with Gasteiger partial charge in [-0.3, -0.25) is 0 Å². The van der Waals surface area contributed by atoms with Crippen molar-refractivity contribution in [3.63, 3.8) is 0 Å². The predicted molar refractivity (Wildman–Crippen MR) is 80.7 cm³/mol. The van der Waals surface area contributed by atoms with Crippen LogP contribution in [0, 0.1) is 0 Å². The number of nitrogens with one attached hydrogen (secondary N) is 1. The second-order valence-corrected chi connectivity index (χ2v) is 5.99. The van der Waals surface area contributed by atoms with E-state index in [1.54, 1.807) is 0 Å². The summed E-state index contributed by atoms with van der Waals surface area (Å²) in [7, 11) is 2.14. The molecule has 2 N–H and O–H groups in total. The molecule has 0 spiro atoms. The van der Waals surface area contributed by atoms with Gasteiger partial charge in [-0.25, -0.2) is 0 Å². The molecule has 0 saturated heterocycles. The van der Waals surface area contributed by atoms with E-state index in [1.807, 2.05) is 6.92 Å². The van der Waals surface area contributed by atoms with Crippen molar-refractivity contribution >= 4 is 5.69 Å². The maximum atomic E-state index is 10.1. The Morgan fingerprint density at radius 2 is 2.21 bits per heavy atom. The number of likely N-dealkylation sites (N-methyl/N-ethyl adjacent to an activating group) is 1. The van der Waals surface area contributed by atoms with Crippen LogP contribution in [0.25, 0.3) is 0 Å². The van der Waals surface area contributed by atoms with Gasteiger partial charge in [-0.05, 0) is 37.0 Å². The quantitative estimate of drug-likeness (QED) is 0.826. The first-order chi connectivity index (χ1) is 9.02. The third-order valence-corrected chi connectivity index (χ3v) is 3.90. The van der Waals surface area contributed by atoms with Crippen LogP contribution in [0.2, 0.25) is 0 Å². The molecule has 1 aromatic carbocycles. The van der Waals surface area contributed by atoms with E-state index in [0.717, 1.165) is 32.4 Å². The molecule has 2 rings (SSSR count). The molecule has 0 radical (unpaired) electrons. The standard InChI is InChI=1S/C16H26N2O/c1-4-8-16(2,19)12-17-11-13-5-6-15-14(10-13)7-9-18(15)3/h5-6,10,17,19H,4,7-9,11-12H2,1-3H3. The Morgan fingerprint density at radius 1 is 1.42 bits per heavy atom. The van der Waals surface area contributed by atoms with Gasteiger partial charge in [0, 0.05) is 32.4 Å². The highest BCUT2D eigenvalue weighted by Crippen LogP contribution is 2.27. The van der Waals surface area contributed by atoms with Crippen molar-refractivity contribution < 1.29 is 5.11 Å². The molecule has 0 amide bonds. The van der Waals surface area contributed by atoms with Gasteiger partial charge < -0.3 is 15.3 Å². The molecule has 19 heavy (non-hydrogen) atoms. The van der Waals surface area contributed by atoms with Crippen LogP contribution < -0.4 is 10.2 Å². The minimum absolute atomic E-state index is 0.592. The van der Waals surface area contributed by atoms with Crippen molar-refractivity contribution in [3.8, 4) is 0 Å². The lowest BCUT2D eigenvalue weighted by atomic mass is 10.0. The molecule has 3 heteroatoms. The Bertz CT molecular complexity index is 429. The number of anilines is 1. The van der Waals surface area contributed by atoms with Crippen molar-refractivity contribution in [2.75, 3.05) is 25.0 Å². The number of hydrogen-bond donors (Lipinski definition) is 2. The molecular weight excluding hydrogens is 236 g/mol. The second-order valence-electron chi connectivity index (χ2n) is 5.99. The van der Waals surface area contributed by atoms with Crippen molar-refractivity contribution in [3.05, 3.63) is 29.3 Å². The van der Waals surface area contributed by atoms with Crippen molar-refractivity contribution in [1.82, 2.24) is 5.32 Å². The van der Waals surface area contributed by atoms with Crippen LogP contribution in [-0.4, -0.2) is 30.8 Å². The Hall–Kier alpha value is -1.06. The van der Waals surface area contributed by atoms with E-state index in [4.69, 9.17) is 0 Å². The lowest BCUT2D eigenvalue weighted by molar-refractivity contribution is 0.0498. The van der Waals surface area contributed by atoms with Gasteiger partial charge in [0.2, 0.25) is 0 Å².